The zero-order valence-electron chi connectivity index (χ0n) is 12.3. The predicted octanol–water partition coefficient (Wildman–Crippen LogP) is 3.32. The van der Waals surface area contributed by atoms with Crippen molar-refractivity contribution in [1.29, 1.82) is 0 Å². The number of rotatable bonds is 8. The van der Waals surface area contributed by atoms with E-state index in [9.17, 15) is 0 Å². The molecular formula is C15H28N2O. The van der Waals surface area contributed by atoms with E-state index in [1.54, 1.807) is 6.26 Å². The van der Waals surface area contributed by atoms with Gasteiger partial charge in [-0.3, -0.25) is 4.90 Å². The second-order valence-electron chi connectivity index (χ2n) is 5.24. The van der Waals surface area contributed by atoms with Crippen molar-refractivity contribution in [3.05, 3.63) is 23.7 Å². The SMILES string of the molecule is CCCCC(CC)(CN)N(C)Cc1ccoc1C. The fourth-order valence-electron chi connectivity index (χ4n) is 2.54. The average molecular weight is 252 g/mol. The highest BCUT2D eigenvalue weighted by Crippen LogP contribution is 2.26. The maximum Gasteiger partial charge on any atom is 0.105 e. The third-order valence-corrected chi connectivity index (χ3v) is 4.22. The number of aryl methyl sites for hydroxylation is 1. The maximum absolute atomic E-state index is 6.06. The van der Waals surface area contributed by atoms with Crippen molar-refractivity contribution in [2.24, 2.45) is 5.73 Å². The zero-order chi connectivity index (χ0) is 13.6. The Balaban J connectivity index is 2.75. The Morgan fingerprint density at radius 2 is 2.11 bits per heavy atom. The molecule has 0 aliphatic carbocycles. The monoisotopic (exact) mass is 252 g/mol. The van der Waals surface area contributed by atoms with Crippen molar-refractivity contribution < 1.29 is 4.42 Å². The third kappa shape index (κ3) is 3.36. The normalized spacial score (nSPS) is 15.0. The van der Waals surface area contributed by atoms with Gasteiger partial charge in [0.05, 0.1) is 6.26 Å². The van der Waals surface area contributed by atoms with Crippen LogP contribution in [0.25, 0.3) is 0 Å². The van der Waals surface area contributed by atoms with Crippen molar-refractivity contribution >= 4 is 0 Å². The van der Waals surface area contributed by atoms with Crippen LogP contribution in [0.4, 0.5) is 0 Å². The number of nitrogens with two attached hydrogens (primary N) is 1. The lowest BCUT2D eigenvalue weighted by atomic mass is 9.87. The fourth-order valence-corrected chi connectivity index (χ4v) is 2.54. The van der Waals surface area contributed by atoms with Gasteiger partial charge in [-0.15, -0.1) is 0 Å². The Hall–Kier alpha value is -0.800. The molecule has 0 radical (unpaired) electrons. The minimum absolute atomic E-state index is 0.125. The molecule has 1 unspecified atom stereocenters. The van der Waals surface area contributed by atoms with Crippen LogP contribution in [0, 0.1) is 6.92 Å². The number of unbranched alkanes of at least 4 members (excludes halogenated alkanes) is 1. The molecule has 1 heterocycles. The molecule has 0 saturated carbocycles. The van der Waals surface area contributed by atoms with E-state index in [1.165, 1.54) is 24.8 Å². The summed E-state index contributed by atoms with van der Waals surface area (Å²) in [6, 6.07) is 2.06. The van der Waals surface area contributed by atoms with Gasteiger partial charge < -0.3 is 10.2 Å². The molecule has 0 amide bonds. The van der Waals surface area contributed by atoms with Crippen molar-refractivity contribution in [3.63, 3.8) is 0 Å². The highest BCUT2D eigenvalue weighted by atomic mass is 16.3. The van der Waals surface area contributed by atoms with Crippen LogP contribution in [0.3, 0.4) is 0 Å². The smallest absolute Gasteiger partial charge is 0.105 e. The molecule has 0 aliphatic heterocycles. The Kier molecular flexibility index (Phi) is 5.89. The van der Waals surface area contributed by atoms with Crippen molar-refractivity contribution in [2.75, 3.05) is 13.6 Å². The van der Waals surface area contributed by atoms with E-state index in [0.29, 0.717) is 0 Å². The van der Waals surface area contributed by atoms with E-state index in [1.807, 2.05) is 6.92 Å². The molecule has 0 bridgehead atoms. The second kappa shape index (κ2) is 6.95. The van der Waals surface area contributed by atoms with Crippen molar-refractivity contribution in [2.45, 2.75) is 58.5 Å². The summed E-state index contributed by atoms with van der Waals surface area (Å²) in [7, 11) is 2.18. The van der Waals surface area contributed by atoms with Gasteiger partial charge in [0.25, 0.3) is 0 Å². The first-order valence-corrected chi connectivity index (χ1v) is 7.04. The first-order valence-electron chi connectivity index (χ1n) is 7.04. The summed E-state index contributed by atoms with van der Waals surface area (Å²) in [6.07, 6.45) is 6.49. The molecule has 0 aliphatic rings. The molecule has 1 rings (SSSR count). The first kappa shape index (κ1) is 15.3. The third-order valence-electron chi connectivity index (χ3n) is 4.22. The molecule has 0 saturated heterocycles. The van der Waals surface area contributed by atoms with Gasteiger partial charge in [-0.25, -0.2) is 0 Å². The Morgan fingerprint density at radius 1 is 1.39 bits per heavy atom. The topological polar surface area (TPSA) is 42.4 Å². The summed E-state index contributed by atoms with van der Waals surface area (Å²) >= 11 is 0. The molecule has 1 aromatic heterocycles. The van der Waals surface area contributed by atoms with Gasteiger partial charge in [0.1, 0.15) is 5.76 Å². The van der Waals surface area contributed by atoms with E-state index in [0.717, 1.165) is 25.3 Å². The Labute approximate surface area is 111 Å². The standard InChI is InChI=1S/C15H28N2O/c1-5-7-9-15(6-2,12-16)17(4)11-14-8-10-18-13(14)3/h8,10H,5-7,9,11-12,16H2,1-4H3. The molecule has 104 valence electrons. The van der Waals surface area contributed by atoms with Gasteiger partial charge in [-0.1, -0.05) is 26.7 Å². The van der Waals surface area contributed by atoms with E-state index in [2.05, 4.69) is 31.9 Å². The number of hydrogen-bond donors (Lipinski definition) is 1. The molecular weight excluding hydrogens is 224 g/mol. The fraction of sp³-hybridized carbons (Fsp3) is 0.733. The lowest BCUT2D eigenvalue weighted by Crippen LogP contribution is -2.51. The van der Waals surface area contributed by atoms with Crippen LogP contribution in [-0.4, -0.2) is 24.0 Å². The maximum atomic E-state index is 6.06. The van der Waals surface area contributed by atoms with Crippen LogP contribution in [0.5, 0.6) is 0 Å². The van der Waals surface area contributed by atoms with Crippen LogP contribution in [-0.2, 0) is 6.54 Å². The molecule has 2 N–H and O–H groups in total. The zero-order valence-corrected chi connectivity index (χ0v) is 12.3. The van der Waals surface area contributed by atoms with Crippen LogP contribution in [0.15, 0.2) is 16.7 Å². The summed E-state index contributed by atoms with van der Waals surface area (Å²) < 4.78 is 5.37. The predicted molar refractivity (Wildman–Crippen MR) is 76.5 cm³/mol. The average Bonchev–Trinajstić information content (AvgIpc) is 2.77. The van der Waals surface area contributed by atoms with Crippen LogP contribution >= 0.6 is 0 Å². The van der Waals surface area contributed by atoms with Crippen molar-refractivity contribution in [1.82, 2.24) is 4.90 Å². The van der Waals surface area contributed by atoms with Gasteiger partial charge >= 0.3 is 0 Å². The van der Waals surface area contributed by atoms with E-state index >= 15 is 0 Å². The first-order chi connectivity index (χ1) is 8.59. The van der Waals surface area contributed by atoms with Crippen LogP contribution in [0.1, 0.15) is 50.9 Å². The molecule has 0 spiro atoms. The van der Waals surface area contributed by atoms with Gasteiger partial charge in [-0.05, 0) is 32.9 Å². The summed E-state index contributed by atoms with van der Waals surface area (Å²) in [5, 5.41) is 0. The second-order valence-corrected chi connectivity index (χ2v) is 5.24. The lowest BCUT2D eigenvalue weighted by molar-refractivity contribution is 0.0994. The van der Waals surface area contributed by atoms with Crippen molar-refractivity contribution in [3.8, 4) is 0 Å². The summed E-state index contributed by atoms with van der Waals surface area (Å²) in [6.45, 7) is 8.12. The largest absolute Gasteiger partial charge is 0.469 e. The van der Waals surface area contributed by atoms with Gasteiger partial charge in [0.2, 0.25) is 0 Å². The van der Waals surface area contributed by atoms with Gasteiger partial charge in [0.15, 0.2) is 0 Å². The summed E-state index contributed by atoms with van der Waals surface area (Å²) in [4.78, 5) is 2.40. The van der Waals surface area contributed by atoms with Gasteiger partial charge in [0, 0.05) is 24.2 Å². The highest BCUT2D eigenvalue weighted by Gasteiger charge is 2.30. The molecule has 3 nitrogen and oxygen atoms in total. The van der Waals surface area contributed by atoms with Gasteiger partial charge in [-0.2, -0.15) is 0 Å². The summed E-state index contributed by atoms with van der Waals surface area (Å²) in [5.41, 5.74) is 7.45. The number of nitrogens with zero attached hydrogens (tertiary/aromatic N) is 1. The van der Waals surface area contributed by atoms with E-state index in [-0.39, 0.29) is 5.54 Å². The summed E-state index contributed by atoms with van der Waals surface area (Å²) in [5.74, 6) is 1.01. The molecule has 3 heteroatoms. The Bertz CT molecular complexity index is 342. The van der Waals surface area contributed by atoms with E-state index < -0.39 is 0 Å². The number of likely N-dealkylation sites (N-methyl/N-ethyl adjacent to an activating group) is 1. The van der Waals surface area contributed by atoms with Crippen LogP contribution in [0.2, 0.25) is 0 Å². The quantitative estimate of drug-likeness (QED) is 0.771. The molecule has 0 aromatic carbocycles. The lowest BCUT2D eigenvalue weighted by Gasteiger charge is -2.41. The van der Waals surface area contributed by atoms with Crippen LogP contribution < -0.4 is 5.73 Å². The number of hydrogen-bond acceptors (Lipinski definition) is 3. The minimum Gasteiger partial charge on any atom is -0.469 e. The molecule has 18 heavy (non-hydrogen) atoms. The molecule has 1 atom stereocenters. The molecule has 1 aromatic rings. The highest BCUT2D eigenvalue weighted by molar-refractivity contribution is 5.15. The minimum atomic E-state index is 0.125. The van der Waals surface area contributed by atoms with E-state index in [4.69, 9.17) is 10.2 Å². The number of furan rings is 1. The Morgan fingerprint density at radius 3 is 2.56 bits per heavy atom. The molecule has 0 fully saturated rings.